The van der Waals surface area contributed by atoms with Crippen molar-refractivity contribution in [3.05, 3.63) is 144 Å². The standard InChI is InChI=1S/C59H73NO11Si/c1-36-42(68-51(63)37(2)46(38-25-17-13-18-26-38)60-53(65)70-54(3,4)5)34-59(66)50(69-52(64)39-27-19-14-20-28-39)48-57(11)35-67-43(57)33-44(58(48,12)49(62)47(61)45(36)56(59,9)10)71-72(55(6,7)8,40-29-21-15-22-30-40)41-31-23-16-24-32-41/h13-32,37,42-44,46,48-50,62,66H,33-35H2,1-12H3,(H,60,65)/t37-,42+,43-,44+,46-,48-,49+,50+,57-,58-,59-/m1/s1. The first-order valence-corrected chi connectivity index (χ1v) is 27.2. The van der Waals surface area contributed by atoms with Gasteiger partial charge in [0, 0.05) is 34.2 Å². The van der Waals surface area contributed by atoms with Crippen LogP contribution in [0.4, 0.5) is 4.79 Å². The van der Waals surface area contributed by atoms with Crippen molar-refractivity contribution in [2.75, 3.05) is 6.61 Å². The Bertz CT molecular complexity index is 2640. The first-order valence-electron chi connectivity index (χ1n) is 25.3. The Labute approximate surface area is 426 Å². The van der Waals surface area contributed by atoms with Gasteiger partial charge < -0.3 is 38.9 Å². The lowest BCUT2D eigenvalue weighted by molar-refractivity contribution is -0.326. The van der Waals surface area contributed by atoms with Crippen LogP contribution in [0.5, 0.6) is 0 Å². The van der Waals surface area contributed by atoms with E-state index in [0.717, 1.165) is 10.4 Å². The fraction of sp³-hybridized carbons (Fsp3) is 0.492. The molecule has 4 aliphatic rings. The predicted molar refractivity (Wildman–Crippen MR) is 277 cm³/mol. The van der Waals surface area contributed by atoms with Crippen LogP contribution in [0.2, 0.25) is 5.04 Å². The van der Waals surface area contributed by atoms with Gasteiger partial charge in [0.1, 0.15) is 29.5 Å². The van der Waals surface area contributed by atoms with Crippen molar-refractivity contribution >= 4 is 42.5 Å². The van der Waals surface area contributed by atoms with Crippen molar-refractivity contribution in [3.63, 3.8) is 0 Å². The molecule has 8 rings (SSSR count). The number of alkyl carbamates (subject to hydrolysis) is 1. The number of rotatable bonds is 11. The molecular formula is C59H73NO11Si. The highest BCUT2D eigenvalue weighted by Crippen LogP contribution is 2.67. The van der Waals surface area contributed by atoms with E-state index in [9.17, 15) is 24.6 Å². The molecule has 1 saturated heterocycles. The van der Waals surface area contributed by atoms with E-state index >= 15 is 4.79 Å². The number of amides is 1. The number of benzene rings is 4. The fourth-order valence-electron chi connectivity index (χ4n) is 12.8. The second-order valence-electron chi connectivity index (χ2n) is 23.7. The van der Waals surface area contributed by atoms with E-state index in [0.29, 0.717) is 17.6 Å². The van der Waals surface area contributed by atoms with Crippen molar-refractivity contribution in [1.82, 2.24) is 5.32 Å². The van der Waals surface area contributed by atoms with Crippen LogP contribution in [0, 0.1) is 28.1 Å². The third-order valence-electron chi connectivity index (χ3n) is 16.7. The van der Waals surface area contributed by atoms with Gasteiger partial charge >= 0.3 is 18.0 Å². The van der Waals surface area contributed by atoms with Crippen molar-refractivity contribution in [2.24, 2.45) is 28.1 Å². The zero-order chi connectivity index (χ0) is 52.4. The zero-order valence-electron chi connectivity index (χ0n) is 43.9. The summed E-state index contributed by atoms with van der Waals surface area (Å²) >= 11 is 0. The molecular weight excluding hydrogens is 927 g/mol. The average Bonchev–Trinajstić information content (AvgIpc) is 3.33. The lowest BCUT2D eigenvalue weighted by atomic mass is 9.42. The normalized spacial score (nSPS) is 29.9. The summed E-state index contributed by atoms with van der Waals surface area (Å²) in [5.41, 5.74) is -5.58. The first-order chi connectivity index (χ1) is 33.7. The zero-order valence-corrected chi connectivity index (χ0v) is 44.9. The Kier molecular flexibility index (Phi) is 14.0. The van der Waals surface area contributed by atoms with E-state index in [1.807, 2.05) is 56.3 Å². The van der Waals surface area contributed by atoms with Crippen LogP contribution in [-0.4, -0.2) is 90.7 Å². The maximum Gasteiger partial charge on any atom is 0.408 e. The lowest BCUT2D eigenvalue weighted by Gasteiger charge is -2.69. The number of carbonyl (C=O) groups is 4. The van der Waals surface area contributed by atoms with E-state index in [-0.39, 0.29) is 24.2 Å². The van der Waals surface area contributed by atoms with Crippen LogP contribution in [0.15, 0.2) is 132 Å². The third kappa shape index (κ3) is 8.86. The van der Waals surface area contributed by atoms with Crippen LogP contribution in [0.25, 0.3) is 0 Å². The Morgan fingerprint density at radius 1 is 0.792 bits per heavy atom. The van der Waals surface area contributed by atoms with E-state index < -0.39 is 113 Å². The molecule has 1 heterocycles. The summed E-state index contributed by atoms with van der Waals surface area (Å²) in [6.07, 6.45) is -6.55. The van der Waals surface area contributed by atoms with Crippen LogP contribution in [0.3, 0.4) is 0 Å². The van der Waals surface area contributed by atoms with Gasteiger partial charge in [-0.1, -0.05) is 158 Å². The molecule has 1 amide bonds. The number of ketones is 1. The molecule has 2 saturated carbocycles. The van der Waals surface area contributed by atoms with Crippen molar-refractivity contribution < 1.29 is 52.8 Å². The molecule has 72 heavy (non-hydrogen) atoms. The highest BCUT2D eigenvalue weighted by Gasteiger charge is 2.76. The fourth-order valence-corrected chi connectivity index (χ4v) is 17.6. The van der Waals surface area contributed by atoms with Gasteiger partial charge in [-0.3, -0.25) is 9.59 Å². The van der Waals surface area contributed by atoms with E-state index in [2.05, 4.69) is 50.4 Å². The van der Waals surface area contributed by atoms with E-state index in [4.69, 9.17) is 23.4 Å². The third-order valence-corrected chi connectivity index (χ3v) is 21.8. The number of hydrogen-bond acceptors (Lipinski definition) is 11. The van der Waals surface area contributed by atoms with Crippen LogP contribution in [0.1, 0.15) is 118 Å². The summed E-state index contributed by atoms with van der Waals surface area (Å²) in [6, 6.07) is 36.9. The minimum absolute atomic E-state index is 0.0717. The largest absolute Gasteiger partial charge is 0.457 e. The minimum atomic E-state index is -3.44. The van der Waals surface area contributed by atoms with Crippen LogP contribution in [-0.2, 0) is 33.0 Å². The summed E-state index contributed by atoms with van der Waals surface area (Å²) in [6.45, 7) is 22.6. The molecule has 4 aromatic rings. The van der Waals surface area contributed by atoms with Crippen molar-refractivity contribution in [1.29, 1.82) is 0 Å². The quantitative estimate of drug-likeness (QED) is 0.0747. The van der Waals surface area contributed by atoms with Crippen LogP contribution >= 0.6 is 0 Å². The van der Waals surface area contributed by atoms with Gasteiger partial charge in [0.2, 0.25) is 0 Å². The van der Waals surface area contributed by atoms with Crippen molar-refractivity contribution in [2.45, 2.75) is 149 Å². The SMILES string of the molecule is CC1=C2C(=O)[C@H](O)[C@]3(C)[C@@H](O[Si](c4ccccc4)(c4ccccc4)C(C)(C)C)C[C@H]4OC[C@@]4(C)[C@H]3[C@H](OC(=O)c3ccccc3)[C@](O)(C[C@@H]1OC(=O)[C@H](C)[C@@H](NC(=O)OC(C)(C)C)c1ccccc1)C2(C)C. The summed E-state index contributed by atoms with van der Waals surface area (Å²) in [5.74, 6) is -4.07. The number of esters is 2. The highest BCUT2D eigenvalue weighted by molar-refractivity contribution is 6.99. The van der Waals surface area contributed by atoms with Gasteiger partial charge in [0.05, 0.1) is 36.3 Å². The number of aliphatic hydroxyl groups excluding tert-OH is 1. The summed E-state index contributed by atoms with van der Waals surface area (Å²) < 4.78 is 33.4. The Morgan fingerprint density at radius 3 is 1.82 bits per heavy atom. The first kappa shape index (κ1) is 52.9. The van der Waals surface area contributed by atoms with Gasteiger partial charge in [-0.25, -0.2) is 9.59 Å². The maximum atomic E-state index is 15.9. The smallest absolute Gasteiger partial charge is 0.408 e. The number of carbonyl (C=O) groups excluding carboxylic acids is 4. The van der Waals surface area contributed by atoms with E-state index in [1.54, 1.807) is 103 Å². The second kappa shape index (κ2) is 19.1. The highest BCUT2D eigenvalue weighted by atomic mass is 28.4. The molecule has 3 N–H and O–H groups in total. The molecule has 13 heteroatoms. The number of fused-ring (bicyclic) bond motifs is 5. The average molecular weight is 1000 g/mol. The van der Waals surface area contributed by atoms with Gasteiger partial charge in [0.15, 0.2) is 5.78 Å². The molecule has 12 nitrogen and oxygen atoms in total. The summed E-state index contributed by atoms with van der Waals surface area (Å²) in [4.78, 5) is 58.8. The van der Waals surface area contributed by atoms with Crippen LogP contribution < -0.4 is 15.7 Å². The van der Waals surface area contributed by atoms with Crippen molar-refractivity contribution in [3.8, 4) is 0 Å². The second-order valence-corrected chi connectivity index (χ2v) is 27.9. The molecule has 3 aliphatic carbocycles. The summed E-state index contributed by atoms with van der Waals surface area (Å²) in [5, 5.41) is 32.0. The van der Waals surface area contributed by atoms with Gasteiger partial charge in [-0.05, 0) is 79.7 Å². The Hall–Kier alpha value is -5.44. The number of aliphatic hydroxyl groups is 2. The number of Topliss-reactive ketones (excluding diaryl/α,β-unsaturated/α-hetero) is 1. The Morgan fingerprint density at radius 2 is 1.32 bits per heavy atom. The lowest BCUT2D eigenvalue weighted by Crippen LogP contribution is -2.79. The monoisotopic (exact) mass is 999 g/mol. The maximum absolute atomic E-state index is 15.9. The van der Waals surface area contributed by atoms with Gasteiger partial charge in [-0.2, -0.15) is 0 Å². The van der Waals surface area contributed by atoms with E-state index in [1.165, 1.54) is 0 Å². The number of hydrogen-bond donors (Lipinski definition) is 3. The topological polar surface area (TPSA) is 167 Å². The molecule has 2 bridgehead atoms. The molecule has 384 valence electrons. The predicted octanol–water partition coefficient (Wildman–Crippen LogP) is 8.82. The molecule has 11 atom stereocenters. The summed E-state index contributed by atoms with van der Waals surface area (Å²) in [7, 11) is -3.44. The molecule has 0 spiro atoms. The minimum Gasteiger partial charge on any atom is -0.457 e. The molecule has 3 fully saturated rings. The molecule has 0 radical (unpaired) electrons. The van der Waals surface area contributed by atoms with Gasteiger partial charge in [-0.15, -0.1) is 0 Å². The molecule has 0 unspecified atom stereocenters. The number of ether oxygens (including phenoxy) is 4. The van der Waals surface area contributed by atoms with Gasteiger partial charge in [0.25, 0.3) is 8.32 Å². The Balaban J connectivity index is 1.30. The number of nitrogens with one attached hydrogen (secondary N) is 1. The molecule has 1 aliphatic heterocycles. The molecule has 0 aromatic heterocycles. The molecule has 4 aromatic carbocycles.